The van der Waals surface area contributed by atoms with E-state index < -0.39 is 0 Å². The van der Waals surface area contributed by atoms with E-state index in [2.05, 4.69) is 21.0 Å². The zero-order valence-electron chi connectivity index (χ0n) is 7.21. The normalized spacial score (nSPS) is 10.4. The number of fused-ring (bicyclic) bond motifs is 1. The van der Waals surface area contributed by atoms with Gasteiger partial charge in [0.25, 0.3) is 0 Å². The van der Waals surface area contributed by atoms with Gasteiger partial charge in [-0.25, -0.2) is 9.97 Å². The maximum Gasteiger partial charge on any atom is 0.144 e. The van der Waals surface area contributed by atoms with Gasteiger partial charge in [-0.05, 0) is 6.26 Å². The second kappa shape index (κ2) is 3.48. The first kappa shape index (κ1) is 9.31. The summed E-state index contributed by atoms with van der Waals surface area (Å²) in [5, 5.41) is 10.6. The van der Waals surface area contributed by atoms with Gasteiger partial charge in [0, 0.05) is 0 Å². The highest BCUT2D eigenvalue weighted by atomic mass is 35.5. The van der Waals surface area contributed by atoms with Crippen molar-refractivity contribution in [2.45, 2.75) is 5.03 Å². The SMILES string of the molecule is CSc1[nH]c2ncnc(Cl)c2c1C#N. The molecule has 0 amide bonds. The highest BCUT2D eigenvalue weighted by molar-refractivity contribution is 7.98. The third-order valence-corrected chi connectivity index (χ3v) is 2.83. The smallest absolute Gasteiger partial charge is 0.144 e. The zero-order chi connectivity index (χ0) is 10.1. The van der Waals surface area contributed by atoms with Crippen LogP contribution >= 0.6 is 23.4 Å². The molecule has 0 aliphatic carbocycles. The molecule has 2 aromatic rings. The molecule has 0 spiro atoms. The largest absolute Gasteiger partial charge is 0.333 e. The second-order valence-electron chi connectivity index (χ2n) is 2.53. The molecule has 4 nitrogen and oxygen atoms in total. The lowest BCUT2D eigenvalue weighted by Crippen LogP contribution is -1.81. The van der Waals surface area contributed by atoms with Crippen molar-refractivity contribution in [2.75, 3.05) is 6.26 Å². The first-order valence-electron chi connectivity index (χ1n) is 3.74. The Morgan fingerprint density at radius 2 is 2.36 bits per heavy atom. The average molecular weight is 225 g/mol. The van der Waals surface area contributed by atoms with Gasteiger partial charge < -0.3 is 4.98 Å². The molecule has 2 aromatic heterocycles. The van der Waals surface area contributed by atoms with Crippen molar-refractivity contribution in [3.63, 3.8) is 0 Å². The summed E-state index contributed by atoms with van der Waals surface area (Å²) in [6, 6.07) is 2.09. The van der Waals surface area contributed by atoms with E-state index in [0.717, 1.165) is 5.03 Å². The molecule has 0 aliphatic rings. The van der Waals surface area contributed by atoms with Crippen LogP contribution in [0.25, 0.3) is 11.0 Å². The first-order chi connectivity index (χ1) is 6.77. The molecule has 14 heavy (non-hydrogen) atoms. The van der Waals surface area contributed by atoms with E-state index in [0.29, 0.717) is 21.7 Å². The van der Waals surface area contributed by atoms with Crippen LogP contribution in [0.5, 0.6) is 0 Å². The van der Waals surface area contributed by atoms with Crippen molar-refractivity contribution >= 4 is 34.4 Å². The number of halogens is 1. The highest BCUT2D eigenvalue weighted by Crippen LogP contribution is 2.29. The molecule has 2 rings (SSSR count). The quantitative estimate of drug-likeness (QED) is 0.596. The number of thioether (sulfide) groups is 1. The van der Waals surface area contributed by atoms with Crippen LogP contribution in [-0.4, -0.2) is 21.2 Å². The summed E-state index contributed by atoms with van der Waals surface area (Å²) in [5.74, 6) is 0. The summed E-state index contributed by atoms with van der Waals surface area (Å²) >= 11 is 7.33. The molecule has 0 unspecified atom stereocenters. The Hall–Kier alpha value is -1.25. The molecule has 0 aliphatic heterocycles. The fourth-order valence-corrected chi connectivity index (χ4v) is 2.00. The van der Waals surface area contributed by atoms with E-state index in [-0.39, 0.29) is 0 Å². The summed E-state index contributed by atoms with van der Waals surface area (Å²) in [6.45, 7) is 0. The summed E-state index contributed by atoms with van der Waals surface area (Å²) < 4.78 is 0. The predicted molar refractivity (Wildman–Crippen MR) is 55.4 cm³/mol. The number of nitrogens with one attached hydrogen (secondary N) is 1. The standard InChI is InChI=1S/C8H5ClN4S/c1-14-8-4(2-10)5-6(9)11-3-12-7(5)13-8/h3H,1H3,(H,11,12,13). The van der Waals surface area contributed by atoms with E-state index >= 15 is 0 Å². The molecule has 6 heteroatoms. The second-order valence-corrected chi connectivity index (χ2v) is 3.71. The number of aromatic amines is 1. The summed E-state index contributed by atoms with van der Waals surface area (Å²) in [5.41, 5.74) is 1.11. The Bertz CT molecular complexity index is 528. The van der Waals surface area contributed by atoms with E-state index in [1.165, 1.54) is 18.1 Å². The lowest BCUT2D eigenvalue weighted by Gasteiger charge is -1.90. The molecule has 2 heterocycles. The Labute approximate surface area is 89.3 Å². The van der Waals surface area contributed by atoms with Gasteiger partial charge in [-0.3, -0.25) is 0 Å². The Kier molecular flexibility index (Phi) is 2.32. The van der Waals surface area contributed by atoms with Crippen molar-refractivity contribution in [3.8, 4) is 6.07 Å². The van der Waals surface area contributed by atoms with Crippen molar-refractivity contribution < 1.29 is 0 Å². The van der Waals surface area contributed by atoms with E-state index in [4.69, 9.17) is 16.9 Å². The van der Waals surface area contributed by atoms with Crippen LogP contribution in [-0.2, 0) is 0 Å². The molecule has 0 aromatic carbocycles. The van der Waals surface area contributed by atoms with E-state index in [1.807, 2.05) is 6.26 Å². The lowest BCUT2D eigenvalue weighted by atomic mass is 10.3. The third kappa shape index (κ3) is 1.24. The van der Waals surface area contributed by atoms with E-state index in [9.17, 15) is 0 Å². The number of hydrogen-bond acceptors (Lipinski definition) is 4. The molecular weight excluding hydrogens is 220 g/mol. The van der Waals surface area contributed by atoms with Gasteiger partial charge in [-0.1, -0.05) is 11.6 Å². The van der Waals surface area contributed by atoms with Crippen molar-refractivity contribution in [3.05, 3.63) is 17.0 Å². The monoisotopic (exact) mass is 224 g/mol. The lowest BCUT2D eigenvalue weighted by molar-refractivity contribution is 1.16. The van der Waals surface area contributed by atoms with Crippen LogP contribution in [0.2, 0.25) is 5.15 Å². The van der Waals surface area contributed by atoms with Crippen LogP contribution in [0.3, 0.4) is 0 Å². The van der Waals surface area contributed by atoms with Crippen molar-refractivity contribution in [1.82, 2.24) is 15.0 Å². The van der Waals surface area contributed by atoms with Crippen LogP contribution in [0.4, 0.5) is 0 Å². The predicted octanol–water partition coefficient (Wildman–Crippen LogP) is 2.20. The summed E-state index contributed by atoms with van der Waals surface area (Å²) in [6.07, 6.45) is 3.25. The maximum atomic E-state index is 8.96. The fourth-order valence-electron chi connectivity index (χ4n) is 1.22. The molecule has 1 N–H and O–H groups in total. The van der Waals surface area contributed by atoms with Crippen LogP contribution in [0.15, 0.2) is 11.4 Å². The molecule has 0 fully saturated rings. The number of H-pyrrole nitrogens is 1. The van der Waals surface area contributed by atoms with Crippen LogP contribution in [0.1, 0.15) is 5.56 Å². The van der Waals surface area contributed by atoms with Gasteiger partial charge >= 0.3 is 0 Å². The minimum absolute atomic E-state index is 0.308. The average Bonchev–Trinajstić information content (AvgIpc) is 2.56. The Morgan fingerprint density at radius 3 is 3.00 bits per heavy atom. The Morgan fingerprint density at radius 1 is 1.57 bits per heavy atom. The zero-order valence-corrected chi connectivity index (χ0v) is 8.78. The number of aromatic nitrogens is 3. The number of nitriles is 1. The topological polar surface area (TPSA) is 65.4 Å². The molecule has 0 radical (unpaired) electrons. The molecule has 70 valence electrons. The molecule has 0 saturated carbocycles. The number of rotatable bonds is 1. The molecular formula is C8H5ClN4S. The van der Waals surface area contributed by atoms with Gasteiger partial charge in [0.1, 0.15) is 23.2 Å². The highest BCUT2D eigenvalue weighted by Gasteiger charge is 2.14. The Balaban J connectivity index is 2.90. The molecule has 0 bridgehead atoms. The van der Waals surface area contributed by atoms with Gasteiger partial charge in [-0.15, -0.1) is 11.8 Å². The summed E-state index contributed by atoms with van der Waals surface area (Å²) in [7, 11) is 0. The first-order valence-corrected chi connectivity index (χ1v) is 5.34. The van der Waals surface area contributed by atoms with Crippen molar-refractivity contribution in [1.29, 1.82) is 5.26 Å². The fraction of sp³-hybridized carbons (Fsp3) is 0.125. The van der Waals surface area contributed by atoms with Crippen molar-refractivity contribution in [2.24, 2.45) is 0 Å². The molecule has 0 saturated heterocycles. The minimum atomic E-state index is 0.308. The van der Waals surface area contributed by atoms with Gasteiger partial charge in [0.05, 0.1) is 16.0 Å². The van der Waals surface area contributed by atoms with E-state index in [1.54, 1.807) is 0 Å². The van der Waals surface area contributed by atoms with Gasteiger partial charge in [-0.2, -0.15) is 5.26 Å². The van der Waals surface area contributed by atoms with Gasteiger partial charge in [0.15, 0.2) is 0 Å². The van der Waals surface area contributed by atoms with Gasteiger partial charge in [0.2, 0.25) is 0 Å². The van der Waals surface area contributed by atoms with Crippen LogP contribution in [0, 0.1) is 11.3 Å². The maximum absolute atomic E-state index is 8.96. The minimum Gasteiger partial charge on any atom is -0.333 e. The van der Waals surface area contributed by atoms with Crippen LogP contribution < -0.4 is 0 Å². The number of nitrogens with zero attached hydrogens (tertiary/aromatic N) is 3. The third-order valence-electron chi connectivity index (χ3n) is 1.83. The number of hydrogen-bond donors (Lipinski definition) is 1. The summed E-state index contributed by atoms with van der Waals surface area (Å²) in [4.78, 5) is 10.9. The molecule has 0 atom stereocenters.